The molecular weight excluding hydrogens is 448 g/mol. The van der Waals surface area contributed by atoms with Crippen LogP contribution in [-0.2, 0) is 0 Å². The molecule has 0 amide bonds. The van der Waals surface area contributed by atoms with E-state index in [0.717, 1.165) is 28.5 Å². The molecule has 6 aromatic rings. The van der Waals surface area contributed by atoms with Crippen molar-refractivity contribution >= 4 is 27.6 Å². The third kappa shape index (κ3) is 3.88. The van der Waals surface area contributed by atoms with Gasteiger partial charge in [-0.15, -0.1) is 0 Å². The van der Waals surface area contributed by atoms with Crippen molar-refractivity contribution in [2.75, 3.05) is 0 Å². The van der Waals surface area contributed by atoms with Crippen molar-refractivity contribution in [3.63, 3.8) is 0 Å². The van der Waals surface area contributed by atoms with Gasteiger partial charge < -0.3 is 0 Å². The summed E-state index contributed by atoms with van der Waals surface area (Å²) in [5.41, 5.74) is 8.01. The number of para-hydroxylation sites is 1. The summed E-state index contributed by atoms with van der Waals surface area (Å²) < 4.78 is 2.28. The molecule has 0 aliphatic heterocycles. The van der Waals surface area contributed by atoms with Crippen molar-refractivity contribution in [1.82, 2.24) is 9.55 Å². The summed E-state index contributed by atoms with van der Waals surface area (Å²) in [6, 6.07) is 36.8. The molecule has 0 aliphatic carbocycles. The first-order chi connectivity index (χ1) is 18.2. The molecule has 0 spiro atoms. The largest absolute Gasteiger partial charge is 0.296 e. The van der Waals surface area contributed by atoms with Crippen molar-refractivity contribution in [2.45, 2.75) is 13.8 Å². The average Bonchev–Trinajstić information content (AvgIpc) is 3.26. The Morgan fingerprint density at radius 1 is 0.649 bits per heavy atom. The van der Waals surface area contributed by atoms with Crippen LogP contribution in [0.3, 0.4) is 0 Å². The number of imidazole rings is 1. The van der Waals surface area contributed by atoms with Crippen LogP contribution in [0.15, 0.2) is 122 Å². The van der Waals surface area contributed by atoms with E-state index in [1.165, 1.54) is 38.2 Å². The van der Waals surface area contributed by atoms with Crippen LogP contribution < -0.4 is 0 Å². The lowest BCUT2D eigenvalue weighted by atomic mass is 9.88. The molecule has 0 saturated heterocycles. The Kier molecular flexibility index (Phi) is 5.78. The summed E-state index contributed by atoms with van der Waals surface area (Å²) in [4.78, 5) is 5.24. The molecule has 2 heteroatoms. The van der Waals surface area contributed by atoms with Crippen molar-refractivity contribution < 1.29 is 0 Å². The maximum absolute atomic E-state index is 5.24. The average molecular weight is 477 g/mol. The van der Waals surface area contributed by atoms with E-state index in [4.69, 9.17) is 4.98 Å². The fourth-order valence-corrected chi connectivity index (χ4v) is 5.30. The van der Waals surface area contributed by atoms with Gasteiger partial charge in [0.15, 0.2) is 0 Å². The highest BCUT2D eigenvalue weighted by molar-refractivity contribution is 6.20. The minimum atomic E-state index is 0.939. The Labute approximate surface area is 217 Å². The van der Waals surface area contributed by atoms with Crippen LogP contribution in [-0.4, -0.2) is 9.55 Å². The fourth-order valence-electron chi connectivity index (χ4n) is 5.30. The van der Waals surface area contributed by atoms with E-state index in [2.05, 4.69) is 128 Å². The monoisotopic (exact) mass is 476 g/mol. The van der Waals surface area contributed by atoms with Gasteiger partial charge in [0.25, 0.3) is 0 Å². The van der Waals surface area contributed by atoms with Crippen LogP contribution in [0.4, 0.5) is 0 Å². The highest BCUT2D eigenvalue weighted by Gasteiger charge is 2.22. The standard InChI is InChI=1S/C35H28N2/c1-4-5-19-32-25(3)37(27-13-7-6-8-14-27)35(36-32)34-30-17-11-9-15-28(30)33(26-22-20-24(2)21-23-26)29-16-10-12-18-31(29)34/h4-23H,1H2,2-3H3/b19-5-. The minimum absolute atomic E-state index is 0.939. The first-order valence-corrected chi connectivity index (χ1v) is 12.6. The molecule has 0 fully saturated rings. The zero-order chi connectivity index (χ0) is 25.4. The van der Waals surface area contributed by atoms with E-state index in [9.17, 15) is 0 Å². The molecule has 0 saturated carbocycles. The Hall–Kier alpha value is -4.69. The van der Waals surface area contributed by atoms with Crippen molar-refractivity contribution in [2.24, 2.45) is 0 Å². The van der Waals surface area contributed by atoms with E-state index >= 15 is 0 Å². The number of aromatic nitrogens is 2. The molecule has 0 N–H and O–H groups in total. The number of benzene rings is 5. The van der Waals surface area contributed by atoms with Crippen LogP contribution in [0.25, 0.3) is 55.8 Å². The van der Waals surface area contributed by atoms with E-state index in [1.807, 2.05) is 12.2 Å². The minimum Gasteiger partial charge on any atom is -0.296 e. The van der Waals surface area contributed by atoms with Crippen LogP contribution in [0.5, 0.6) is 0 Å². The van der Waals surface area contributed by atoms with Gasteiger partial charge in [-0.25, -0.2) is 4.98 Å². The van der Waals surface area contributed by atoms with Crippen LogP contribution in [0.1, 0.15) is 17.0 Å². The molecule has 178 valence electrons. The van der Waals surface area contributed by atoms with Gasteiger partial charge in [0, 0.05) is 16.9 Å². The Morgan fingerprint density at radius 3 is 1.76 bits per heavy atom. The zero-order valence-electron chi connectivity index (χ0n) is 21.1. The summed E-state index contributed by atoms with van der Waals surface area (Å²) in [7, 11) is 0. The number of aryl methyl sites for hydroxylation is 1. The topological polar surface area (TPSA) is 17.8 Å². The summed E-state index contributed by atoms with van der Waals surface area (Å²) in [6.45, 7) is 8.12. The lowest BCUT2D eigenvalue weighted by molar-refractivity contribution is 1.02. The smallest absolute Gasteiger partial charge is 0.146 e. The number of nitrogens with zero attached hydrogens (tertiary/aromatic N) is 2. The fraction of sp³-hybridized carbons (Fsp3) is 0.0571. The molecule has 0 unspecified atom stereocenters. The van der Waals surface area contributed by atoms with Crippen LogP contribution in [0.2, 0.25) is 0 Å². The van der Waals surface area contributed by atoms with Gasteiger partial charge in [0.1, 0.15) is 5.82 Å². The highest BCUT2D eigenvalue weighted by atomic mass is 15.1. The molecule has 5 aromatic carbocycles. The molecular formula is C35H28N2. The van der Waals surface area contributed by atoms with E-state index < -0.39 is 0 Å². The number of rotatable bonds is 5. The molecule has 0 atom stereocenters. The van der Waals surface area contributed by atoms with E-state index in [1.54, 1.807) is 6.08 Å². The summed E-state index contributed by atoms with van der Waals surface area (Å²) in [5, 5.41) is 4.84. The van der Waals surface area contributed by atoms with Gasteiger partial charge in [-0.3, -0.25) is 4.57 Å². The third-order valence-electron chi connectivity index (χ3n) is 7.04. The second-order valence-electron chi connectivity index (χ2n) is 9.38. The van der Waals surface area contributed by atoms with Crippen molar-refractivity contribution in [3.8, 4) is 28.2 Å². The Morgan fingerprint density at radius 2 is 1.19 bits per heavy atom. The third-order valence-corrected chi connectivity index (χ3v) is 7.04. The van der Waals surface area contributed by atoms with E-state index in [-0.39, 0.29) is 0 Å². The first kappa shape index (κ1) is 22.8. The van der Waals surface area contributed by atoms with Crippen LogP contribution in [0, 0.1) is 13.8 Å². The predicted octanol–water partition coefficient (Wildman–Crippen LogP) is 9.33. The number of fused-ring (bicyclic) bond motifs is 2. The molecule has 0 radical (unpaired) electrons. The van der Waals surface area contributed by atoms with Crippen molar-refractivity contribution in [3.05, 3.63) is 139 Å². The summed E-state index contributed by atoms with van der Waals surface area (Å²) in [5.74, 6) is 0.940. The molecule has 0 aliphatic rings. The van der Waals surface area contributed by atoms with Gasteiger partial charge in [-0.1, -0.05) is 115 Å². The van der Waals surface area contributed by atoms with Gasteiger partial charge in [0.2, 0.25) is 0 Å². The van der Waals surface area contributed by atoms with Crippen LogP contribution >= 0.6 is 0 Å². The molecule has 6 rings (SSSR count). The molecule has 0 bridgehead atoms. The molecule has 2 nitrogen and oxygen atoms in total. The van der Waals surface area contributed by atoms with Crippen molar-refractivity contribution in [1.29, 1.82) is 0 Å². The summed E-state index contributed by atoms with van der Waals surface area (Å²) >= 11 is 0. The van der Waals surface area contributed by atoms with Gasteiger partial charge in [0.05, 0.1) is 5.69 Å². The number of allylic oxidation sites excluding steroid dienone is 2. The number of hydrogen-bond donors (Lipinski definition) is 0. The second-order valence-corrected chi connectivity index (χ2v) is 9.38. The molecule has 37 heavy (non-hydrogen) atoms. The maximum Gasteiger partial charge on any atom is 0.146 e. The molecule has 1 aromatic heterocycles. The normalized spacial score (nSPS) is 11.5. The SMILES string of the molecule is C=C/C=C\c1nc(-c2c3ccccc3c(-c3ccc(C)cc3)c3ccccc23)n(-c2ccccc2)c1C. The van der Waals surface area contributed by atoms with Gasteiger partial charge in [-0.05, 0) is 64.7 Å². The van der Waals surface area contributed by atoms with E-state index in [0.29, 0.717) is 0 Å². The Bertz CT molecular complexity index is 1730. The predicted molar refractivity (Wildman–Crippen MR) is 158 cm³/mol. The number of hydrogen-bond acceptors (Lipinski definition) is 1. The lowest BCUT2D eigenvalue weighted by Gasteiger charge is -2.18. The molecule has 1 heterocycles. The summed E-state index contributed by atoms with van der Waals surface area (Å²) in [6.07, 6.45) is 5.78. The second kappa shape index (κ2) is 9.40. The van der Waals surface area contributed by atoms with Gasteiger partial charge >= 0.3 is 0 Å². The van der Waals surface area contributed by atoms with Gasteiger partial charge in [-0.2, -0.15) is 0 Å². The maximum atomic E-state index is 5.24. The Balaban J connectivity index is 1.77. The first-order valence-electron chi connectivity index (χ1n) is 12.6. The zero-order valence-corrected chi connectivity index (χ0v) is 21.1. The quantitative estimate of drug-likeness (QED) is 0.179. The lowest BCUT2D eigenvalue weighted by Crippen LogP contribution is -2.01. The highest BCUT2D eigenvalue weighted by Crippen LogP contribution is 2.44.